The zero-order chi connectivity index (χ0) is 13.1. The van der Waals surface area contributed by atoms with Crippen LogP contribution in [-0.2, 0) is 0 Å². The van der Waals surface area contributed by atoms with Crippen LogP contribution in [0.4, 0.5) is 0 Å². The number of piperidine rings is 1. The summed E-state index contributed by atoms with van der Waals surface area (Å²) >= 11 is 1.47. The molecule has 1 saturated heterocycles. The number of likely N-dealkylation sites (tertiary alicyclic amines) is 1. The minimum atomic E-state index is 0.0766. The predicted octanol–water partition coefficient (Wildman–Crippen LogP) is 3.16. The summed E-state index contributed by atoms with van der Waals surface area (Å²) in [5, 5.41) is 1.83. The molecule has 4 heteroatoms. The van der Waals surface area contributed by atoms with Gasteiger partial charge >= 0.3 is 0 Å². The van der Waals surface area contributed by atoms with E-state index in [0.29, 0.717) is 11.6 Å². The van der Waals surface area contributed by atoms with E-state index < -0.39 is 0 Å². The van der Waals surface area contributed by atoms with E-state index in [9.17, 15) is 4.79 Å². The van der Waals surface area contributed by atoms with Crippen molar-refractivity contribution in [3.8, 4) is 0 Å². The first kappa shape index (κ1) is 12.4. The van der Waals surface area contributed by atoms with Crippen LogP contribution >= 0.6 is 11.3 Å². The van der Waals surface area contributed by atoms with Crippen molar-refractivity contribution >= 4 is 17.2 Å². The molecule has 1 fully saturated rings. The van der Waals surface area contributed by atoms with E-state index in [1.165, 1.54) is 16.9 Å². The lowest BCUT2D eigenvalue weighted by atomic mass is 9.89. The highest BCUT2D eigenvalue weighted by Gasteiger charge is 2.25. The summed E-state index contributed by atoms with van der Waals surface area (Å²) in [6.45, 7) is 1.66. The maximum Gasteiger partial charge on any atom is 0.273 e. The first-order valence-corrected chi connectivity index (χ1v) is 7.51. The molecule has 0 atom stereocenters. The van der Waals surface area contributed by atoms with Crippen LogP contribution in [0.15, 0.2) is 41.2 Å². The van der Waals surface area contributed by atoms with E-state index in [2.05, 4.69) is 29.2 Å². The largest absolute Gasteiger partial charge is 0.337 e. The maximum atomic E-state index is 12.2. The smallest absolute Gasteiger partial charge is 0.273 e. The summed E-state index contributed by atoms with van der Waals surface area (Å²) in [6, 6.07) is 10.6. The molecule has 1 aliphatic heterocycles. The molecule has 2 aromatic rings. The molecule has 0 bridgehead atoms. The quantitative estimate of drug-likeness (QED) is 0.841. The number of amides is 1. The third-order valence-electron chi connectivity index (χ3n) is 3.70. The molecule has 1 amide bonds. The van der Waals surface area contributed by atoms with E-state index in [-0.39, 0.29) is 5.91 Å². The highest BCUT2D eigenvalue weighted by atomic mass is 32.1. The van der Waals surface area contributed by atoms with Crippen molar-refractivity contribution in [2.45, 2.75) is 18.8 Å². The first-order valence-electron chi connectivity index (χ1n) is 6.57. The van der Waals surface area contributed by atoms with Gasteiger partial charge in [-0.05, 0) is 24.3 Å². The average molecular weight is 272 g/mol. The van der Waals surface area contributed by atoms with Gasteiger partial charge < -0.3 is 4.90 Å². The van der Waals surface area contributed by atoms with Gasteiger partial charge in [-0.1, -0.05) is 30.3 Å². The zero-order valence-electron chi connectivity index (χ0n) is 10.7. The molecule has 3 nitrogen and oxygen atoms in total. The lowest BCUT2D eigenvalue weighted by Crippen LogP contribution is -2.38. The molecule has 0 spiro atoms. The molecule has 1 aromatic carbocycles. The van der Waals surface area contributed by atoms with Crippen LogP contribution in [-0.4, -0.2) is 28.9 Å². The van der Waals surface area contributed by atoms with Crippen molar-refractivity contribution < 1.29 is 4.79 Å². The zero-order valence-corrected chi connectivity index (χ0v) is 11.5. The SMILES string of the molecule is O=C(c1cscn1)N1CCC(c2ccccc2)CC1. The van der Waals surface area contributed by atoms with Gasteiger partial charge in [-0.3, -0.25) is 4.79 Å². The van der Waals surface area contributed by atoms with E-state index in [1.807, 2.05) is 16.3 Å². The molecular formula is C15H16N2OS. The lowest BCUT2D eigenvalue weighted by molar-refractivity contribution is 0.0708. The minimum Gasteiger partial charge on any atom is -0.337 e. The van der Waals surface area contributed by atoms with Gasteiger partial charge in [0.1, 0.15) is 5.69 Å². The molecule has 0 N–H and O–H groups in total. The third kappa shape index (κ3) is 2.68. The van der Waals surface area contributed by atoms with Crippen molar-refractivity contribution in [3.63, 3.8) is 0 Å². The van der Waals surface area contributed by atoms with Crippen LogP contribution in [0.25, 0.3) is 0 Å². The van der Waals surface area contributed by atoms with Crippen LogP contribution in [0.5, 0.6) is 0 Å². The fourth-order valence-corrected chi connectivity index (χ4v) is 3.15. The van der Waals surface area contributed by atoms with Gasteiger partial charge in [0.05, 0.1) is 5.51 Å². The van der Waals surface area contributed by atoms with Crippen LogP contribution in [0.1, 0.15) is 34.8 Å². The standard InChI is InChI=1S/C15H16N2OS/c18-15(14-10-19-11-16-14)17-8-6-13(7-9-17)12-4-2-1-3-5-12/h1-5,10-11,13H,6-9H2. The Kier molecular flexibility index (Phi) is 3.60. The number of carbonyl (C=O) groups is 1. The van der Waals surface area contributed by atoms with Crippen molar-refractivity contribution in [3.05, 3.63) is 52.5 Å². The van der Waals surface area contributed by atoms with Gasteiger partial charge in [0.2, 0.25) is 0 Å². The highest BCUT2D eigenvalue weighted by Crippen LogP contribution is 2.28. The number of rotatable bonds is 2. The Morgan fingerprint density at radius 2 is 1.95 bits per heavy atom. The fourth-order valence-electron chi connectivity index (χ4n) is 2.62. The summed E-state index contributed by atoms with van der Waals surface area (Å²) in [7, 11) is 0. The Hall–Kier alpha value is -1.68. The second-order valence-corrected chi connectivity index (χ2v) is 5.57. The number of aromatic nitrogens is 1. The predicted molar refractivity (Wildman–Crippen MR) is 76.4 cm³/mol. The second-order valence-electron chi connectivity index (χ2n) is 4.85. The normalized spacial score (nSPS) is 16.5. The summed E-state index contributed by atoms with van der Waals surface area (Å²) in [4.78, 5) is 18.2. The molecule has 3 rings (SSSR count). The molecule has 0 radical (unpaired) electrons. The van der Waals surface area contributed by atoms with Gasteiger partial charge in [-0.2, -0.15) is 0 Å². The number of hydrogen-bond acceptors (Lipinski definition) is 3. The monoisotopic (exact) mass is 272 g/mol. The summed E-state index contributed by atoms with van der Waals surface area (Å²) in [5.41, 5.74) is 3.69. The van der Waals surface area contributed by atoms with E-state index in [4.69, 9.17) is 0 Å². The molecule has 0 unspecified atom stereocenters. The molecule has 0 aliphatic carbocycles. The molecular weight excluding hydrogens is 256 g/mol. The number of hydrogen-bond donors (Lipinski definition) is 0. The van der Waals surface area contributed by atoms with Gasteiger partial charge in [0, 0.05) is 18.5 Å². The van der Waals surface area contributed by atoms with Gasteiger partial charge in [0.15, 0.2) is 0 Å². The molecule has 98 valence electrons. The van der Waals surface area contributed by atoms with Crippen molar-refractivity contribution in [2.24, 2.45) is 0 Å². The Labute approximate surface area is 116 Å². The Morgan fingerprint density at radius 1 is 1.21 bits per heavy atom. The van der Waals surface area contributed by atoms with E-state index >= 15 is 0 Å². The van der Waals surface area contributed by atoms with Crippen LogP contribution < -0.4 is 0 Å². The van der Waals surface area contributed by atoms with Gasteiger partial charge in [0.25, 0.3) is 5.91 Å². The first-order chi connectivity index (χ1) is 9.34. The minimum absolute atomic E-state index is 0.0766. The molecule has 2 heterocycles. The number of benzene rings is 1. The number of nitrogens with zero attached hydrogens (tertiary/aromatic N) is 2. The summed E-state index contributed by atoms with van der Waals surface area (Å²) in [6.07, 6.45) is 2.08. The molecule has 19 heavy (non-hydrogen) atoms. The topological polar surface area (TPSA) is 33.2 Å². The van der Waals surface area contributed by atoms with E-state index in [1.54, 1.807) is 5.51 Å². The van der Waals surface area contributed by atoms with E-state index in [0.717, 1.165) is 25.9 Å². The number of carbonyl (C=O) groups excluding carboxylic acids is 1. The Morgan fingerprint density at radius 3 is 2.58 bits per heavy atom. The van der Waals surface area contributed by atoms with Gasteiger partial charge in [-0.25, -0.2) is 4.98 Å². The number of thiazole rings is 1. The van der Waals surface area contributed by atoms with Crippen LogP contribution in [0, 0.1) is 0 Å². The van der Waals surface area contributed by atoms with Crippen molar-refractivity contribution in [1.29, 1.82) is 0 Å². The molecule has 0 saturated carbocycles. The van der Waals surface area contributed by atoms with Crippen molar-refractivity contribution in [2.75, 3.05) is 13.1 Å². The highest BCUT2D eigenvalue weighted by molar-refractivity contribution is 7.07. The van der Waals surface area contributed by atoms with Crippen LogP contribution in [0.3, 0.4) is 0 Å². The average Bonchev–Trinajstić information content (AvgIpc) is 3.02. The Bertz CT molecular complexity index is 531. The summed E-state index contributed by atoms with van der Waals surface area (Å²) in [5.74, 6) is 0.661. The molecule has 1 aliphatic rings. The molecule has 1 aromatic heterocycles. The van der Waals surface area contributed by atoms with Gasteiger partial charge in [-0.15, -0.1) is 11.3 Å². The summed E-state index contributed by atoms with van der Waals surface area (Å²) < 4.78 is 0. The lowest BCUT2D eigenvalue weighted by Gasteiger charge is -2.31. The Balaban J connectivity index is 1.62. The maximum absolute atomic E-state index is 12.2. The second kappa shape index (κ2) is 5.53. The third-order valence-corrected chi connectivity index (χ3v) is 4.29. The van der Waals surface area contributed by atoms with Crippen LogP contribution in [0.2, 0.25) is 0 Å². The van der Waals surface area contributed by atoms with Crippen molar-refractivity contribution in [1.82, 2.24) is 9.88 Å². The fraction of sp³-hybridized carbons (Fsp3) is 0.333.